The molecule has 0 aliphatic heterocycles. The van der Waals surface area contributed by atoms with Gasteiger partial charge < -0.3 is 0 Å². The summed E-state index contributed by atoms with van der Waals surface area (Å²) < 4.78 is 70.4. The minimum atomic E-state index is -4.73. The molecule has 1 heterocycles. The fourth-order valence-corrected chi connectivity index (χ4v) is 1.49. The molecule has 13 heavy (non-hydrogen) atoms. The third kappa shape index (κ3) is 2.45. The molecule has 1 aromatic heterocycles. The number of halogens is 6. The molecule has 0 radical (unpaired) electrons. The average Bonchev–Trinajstić information content (AvgIpc) is 2.28. The van der Waals surface area contributed by atoms with Crippen LogP contribution in [0, 0.1) is 0 Å². The van der Waals surface area contributed by atoms with E-state index in [1.807, 2.05) is 0 Å². The van der Waals surface area contributed by atoms with Gasteiger partial charge in [-0.25, -0.2) is 0 Å². The van der Waals surface area contributed by atoms with Gasteiger partial charge in [0, 0.05) is 0 Å². The molecule has 0 spiro atoms. The van der Waals surface area contributed by atoms with Crippen LogP contribution in [0.4, 0.5) is 26.3 Å². The first-order valence-corrected chi connectivity index (χ1v) is 3.98. The number of hydrogen-bond donors (Lipinski definition) is 0. The number of alkyl halides is 6. The molecule has 0 bridgehead atoms. The Balaban J connectivity index is 3.01. The van der Waals surface area contributed by atoms with Gasteiger partial charge in [-0.15, -0.1) is 0 Å². The zero-order chi connectivity index (χ0) is 10.3. The summed E-state index contributed by atoms with van der Waals surface area (Å²) in [5, 5.41) is 0. The molecule has 0 aliphatic rings. The first kappa shape index (κ1) is 10.5. The Labute approximate surface area is 74.4 Å². The maximum absolute atomic E-state index is 11.8. The van der Waals surface area contributed by atoms with Gasteiger partial charge in [0.05, 0.1) is 0 Å². The molecule has 0 saturated carbocycles. The maximum atomic E-state index is 11.8. The standard InChI is InChI=1S/C4H2F6N2.Al/c5-3(6,7)11-1-2-12-4(8,9)10;/h1-2H;/q-2;+3. The topological polar surface area (TPSA) is 9.86 Å². The zero-order valence-electron chi connectivity index (χ0n) is 5.89. The summed E-state index contributed by atoms with van der Waals surface area (Å²) in [4.78, 5) is 0. The van der Waals surface area contributed by atoms with Crippen molar-refractivity contribution in [2.24, 2.45) is 0 Å². The van der Waals surface area contributed by atoms with Crippen LogP contribution in [-0.4, -0.2) is 22.3 Å². The molecular weight excluding hydrogens is 217 g/mol. The van der Waals surface area contributed by atoms with Gasteiger partial charge in [0.25, 0.3) is 0 Å². The summed E-state index contributed by atoms with van der Waals surface area (Å²) in [5.41, 5.74) is 0. The molecule has 1 aromatic rings. The Morgan fingerprint density at radius 1 is 0.769 bits per heavy atom. The van der Waals surface area contributed by atoms with Crippen LogP contribution in [0.5, 0.6) is 0 Å². The van der Waals surface area contributed by atoms with E-state index in [1.165, 1.54) is 0 Å². The van der Waals surface area contributed by atoms with Crippen LogP contribution in [0.25, 0.3) is 0 Å². The fourth-order valence-electron chi connectivity index (χ4n) is 0.655. The van der Waals surface area contributed by atoms with Crippen LogP contribution in [0.1, 0.15) is 0 Å². The van der Waals surface area contributed by atoms with Crippen molar-refractivity contribution in [3.63, 3.8) is 0 Å². The van der Waals surface area contributed by atoms with Crippen molar-refractivity contribution in [1.82, 2.24) is 7.06 Å². The number of hydrogen-bond acceptors (Lipinski definition) is 0. The van der Waals surface area contributed by atoms with Gasteiger partial charge in [0.1, 0.15) is 0 Å². The van der Waals surface area contributed by atoms with E-state index in [2.05, 4.69) is 0 Å². The molecule has 2 nitrogen and oxygen atoms in total. The van der Waals surface area contributed by atoms with Crippen molar-refractivity contribution in [2.75, 3.05) is 0 Å². The molecule has 9 heteroatoms. The molecule has 0 aromatic carbocycles. The van der Waals surface area contributed by atoms with Gasteiger partial charge >= 0.3 is 73.6 Å². The summed E-state index contributed by atoms with van der Waals surface area (Å²) in [6, 6.07) is 0. The predicted octanol–water partition coefficient (Wildman–Crippen LogP) is 1.86. The normalized spacial score (nSPS) is 13.1. The van der Waals surface area contributed by atoms with Crippen molar-refractivity contribution >= 4 is 15.2 Å². The molecule has 72 valence electrons. The van der Waals surface area contributed by atoms with Gasteiger partial charge in [0.2, 0.25) is 0 Å². The van der Waals surface area contributed by atoms with Crippen LogP contribution in [-0.2, 0) is 12.6 Å². The van der Waals surface area contributed by atoms with Gasteiger partial charge in [-0.3, -0.25) is 0 Å². The van der Waals surface area contributed by atoms with Crippen LogP contribution in [0.15, 0.2) is 12.4 Å². The summed E-state index contributed by atoms with van der Waals surface area (Å²) >= 11 is -2.02. The molecule has 0 unspecified atom stereocenters. The van der Waals surface area contributed by atoms with Gasteiger partial charge in [-0.2, -0.15) is 0 Å². The monoisotopic (exact) mass is 219 g/mol. The predicted molar refractivity (Wildman–Crippen MR) is 30.8 cm³/mol. The molecule has 0 saturated heterocycles. The second kappa shape index (κ2) is 2.99. The zero-order valence-corrected chi connectivity index (χ0v) is 7.05. The van der Waals surface area contributed by atoms with Gasteiger partial charge in [-0.1, -0.05) is 0 Å². The van der Waals surface area contributed by atoms with E-state index in [-0.39, 0.29) is 7.06 Å². The summed E-state index contributed by atoms with van der Waals surface area (Å²) in [6.45, 7) is 0. The van der Waals surface area contributed by atoms with E-state index in [0.29, 0.717) is 12.4 Å². The van der Waals surface area contributed by atoms with Gasteiger partial charge in [-0.05, 0) is 0 Å². The molecular formula is C4H2AlF6N2+. The molecule has 0 fully saturated rings. The Bertz CT molecular complexity index is 270. The summed E-state index contributed by atoms with van der Waals surface area (Å²) in [5.74, 6) is 0. The Kier molecular flexibility index (Phi) is 2.42. The summed E-state index contributed by atoms with van der Waals surface area (Å²) in [7, 11) is 0. The van der Waals surface area contributed by atoms with Crippen LogP contribution >= 0.6 is 0 Å². The van der Waals surface area contributed by atoms with Crippen molar-refractivity contribution in [2.45, 2.75) is 12.6 Å². The molecule has 0 aliphatic carbocycles. The Morgan fingerprint density at radius 2 is 1.08 bits per heavy atom. The second-order valence-electron chi connectivity index (χ2n) is 2.16. The van der Waals surface area contributed by atoms with E-state index in [9.17, 15) is 26.3 Å². The number of rotatable bonds is 0. The Morgan fingerprint density at radius 3 is 1.23 bits per heavy atom. The number of nitrogens with zero attached hydrogens (tertiary/aromatic N) is 2. The van der Waals surface area contributed by atoms with E-state index in [1.54, 1.807) is 0 Å². The second-order valence-corrected chi connectivity index (χ2v) is 3.51. The van der Waals surface area contributed by atoms with Crippen molar-refractivity contribution in [3.8, 4) is 0 Å². The van der Waals surface area contributed by atoms with Crippen molar-refractivity contribution in [3.05, 3.63) is 12.4 Å². The van der Waals surface area contributed by atoms with E-state index in [0.717, 1.165) is 0 Å². The molecule has 0 N–H and O–H groups in total. The average molecular weight is 219 g/mol. The van der Waals surface area contributed by atoms with E-state index >= 15 is 0 Å². The first-order chi connectivity index (χ1) is 5.71. The molecule has 0 atom stereocenters. The first-order valence-electron chi connectivity index (χ1n) is 2.95. The van der Waals surface area contributed by atoms with Crippen molar-refractivity contribution in [1.29, 1.82) is 0 Å². The third-order valence-corrected chi connectivity index (χ3v) is 2.65. The molecule has 0 amide bonds. The minimum absolute atomic E-state index is 0.277. The SMILES string of the molecule is FC(F)(F)[n]1cc[n](C(F)(F)F)[Al+]1. The van der Waals surface area contributed by atoms with Crippen LogP contribution in [0.3, 0.4) is 0 Å². The van der Waals surface area contributed by atoms with Gasteiger partial charge in [0.15, 0.2) is 0 Å². The van der Waals surface area contributed by atoms with Crippen LogP contribution in [0.2, 0.25) is 0 Å². The summed E-state index contributed by atoms with van der Waals surface area (Å²) in [6.07, 6.45) is -8.71. The van der Waals surface area contributed by atoms with Crippen molar-refractivity contribution < 1.29 is 26.3 Å². The Hall–Kier alpha value is -0.548. The quantitative estimate of drug-likeness (QED) is 0.465. The van der Waals surface area contributed by atoms with Crippen LogP contribution < -0.4 is 0 Å². The van der Waals surface area contributed by atoms with E-state index < -0.39 is 27.8 Å². The fraction of sp³-hybridized carbons (Fsp3) is 0.500. The molecule has 1 rings (SSSR count). The number of aromatic nitrogens is 2. The van der Waals surface area contributed by atoms with E-state index in [4.69, 9.17) is 0 Å². The third-order valence-electron chi connectivity index (χ3n) is 1.22.